The van der Waals surface area contributed by atoms with Crippen molar-refractivity contribution in [3.63, 3.8) is 0 Å². The standard InChI is InChI=1S/C19H25N3O2/c1-14-10-15(2)22(21-14)17-7-5-6-16(11-17)18(24)20-12-19(13-23)8-3-4-9-19/h5-7,10-11,23H,3-4,8-9,12-13H2,1-2H3,(H,20,24). The van der Waals surface area contributed by atoms with Gasteiger partial charge in [0.25, 0.3) is 5.91 Å². The average Bonchev–Trinajstić information content (AvgIpc) is 3.19. The lowest BCUT2D eigenvalue weighted by Gasteiger charge is -2.26. The summed E-state index contributed by atoms with van der Waals surface area (Å²) in [7, 11) is 0. The maximum Gasteiger partial charge on any atom is 0.251 e. The molecule has 1 amide bonds. The van der Waals surface area contributed by atoms with Gasteiger partial charge in [0.1, 0.15) is 0 Å². The molecule has 0 saturated heterocycles. The SMILES string of the molecule is Cc1cc(C)n(-c2cccc(C(=O)NCC3(CO)CCCC3)c2)n1. The van der Waals surface area contributed by atoms with Crippen LogP contribution >= 0.6 is 0 Å². The lowest BCUT2D eigenvalue weighted by molar-refractivity contribution is 0.0880. The topological polar surface area (TPSA) is 67.2 Å². The number of benzene rings is 1. The van der Waals surface area contributed by atoms with Crippen molar-refractivity contribution in [1.29, 1.82) is 0 Å². The molecule has 1 aliphatic rings. The first kappa shape index (κ1) is 16.7. The Hall–Kier alpha value is -2.14. The Bertz CT molecular complexity index is 730. The highest BCUT2D eigenvalue weighted by molar-refractivity contribution is 5.94. The van der Waals surface area contributed by atoms with E-state index in [1.165, 1.54) is 0 Å². The van der Waals surface area contributed by atoms with Crippen LogP contribution in [0.4, 0.5) is 0 Å². The van der Waals surface area contributed by atoms with Gasteiger partial charge in [-0.25, -0.2) is 4.68 Å². The van der Waals surface area contributed by atoms with Gasteiger partial charge in [-0.05, 0) is 51.0 Å². The van der Waals surface area contributed by atoms with E-state index in [-0.39, 0.29) is 17.9 Å². The molecule has 5 nitrogen and oxygen atoms in total. The first-order chi connectivity index (χ1) is 11.5. The molecule has 5 heteroatoms. The van der Waals surface area contributed by atoms with Crippen molar-refractivity contribution in [3.8, 4) is 5.69 Å². The van der Waals surface area contributed by atoms with Gasteiger partial charge in [-0.2, -0.15) is 5.10 Å². The maximum absolute atomic E-state index is 12.5. The number of nitrogens with zero attached hydrogens (tertiary/aromatic N) is 2. The van der Waals surface area contributed by atoms with E-state index in [1.54, 1.807) is 0 Å². The van der Waals surface area contributed by atoms with Crippen LogP contribution in [0.15, 0.2) is 30.3 Å². The summed E-state index contributed by atoms with van der Waals surface area (Å²) >= 11 is 0. The van der Waals surface area contributed by atoms with Crippen molar-refractivity contribution in [2.45, 2.75) is 39.5 Å². The number of hydrogen-bond donors (Lipinski definition) is 2. The van der Waals surface area contributed by atoms with Crippen LogP contribution in [-0.2, 0) is 0 Å². The van der Waals surface area contributed by atoms with Crippen LogP contribution in [0.2, 0.25) is 0 Å². The molecule has 1 aromatic heterocycles. The first-order valence-electron chi connectivity index (χ1n) is 8.56. The van der Waals surface area contributed by atoms with E-state index >= 15 is 0 Å². The third kappa shape index (κ3) is 3.36. The van der Waals surface area contributed by atoms with Crippen molar-refractivity contribution < 1.29 is 9.90 Å². The number of carbonyl (C=O) groups excluding carboxylic acids is 1. The van der Waals surface area contributed by atoms with E-state index in [0.717, 1.165) is 42.8 Å². The summed E-state index contributed by atoms with van der Waals surface area (Å²) in [5.41, 5.74) is 3.35. The van der Waals surface area contributed by atoms with E-state index in [4.69, 9.17) is 0 Å². The maximum atomic E-state index is 12.5. The molecule has 1 fully saturated rings. The molecule has 0 spiro atoms. The fraction of sp³-hybridized carbons (Fsp3) is 0.474. The monoisotopic (exact) mass is 327 g/mol. The Morgan fingerprint density at radius 3 is 2.67 bits per heavy atom. The van der Waals surface area contributed by atoms with Crippen molar-refractivity contribution in [3.05, 3.63) is 47.3 Å². The minimum Gasteiger partial charge on any atom is -0.396 e. The van der Waals surface area contributed by atoms with Gasteiger partial charge in [0.2, 0.25) is 0 Å². The highest BCUT2D eigenvalue weighted by atomic mass is 16.3. The van der Waals surface area contributed by atoms with Gasteiger partial charge in [0, 0.05) is 23.2 Å². The number of aliphatic hydroxyl groups excluding tert-OH is 1. The zero-order valence-electron chi connectivity index (χ0n) is 14.4. The summed E-state index contributed by atoms with van der Waals surface area (Å²) < 4.78 is 1.85. The second-order valence-corrected chi connectivity index (χ2v) is 6.94. The van der Waals surface area contributed by atoms with Crippen LogP contribution in [-0.4, -0.2) is 33.9 Å². The first-order valence-corrected chi connectivity index (χ1v) is 8.56. The van der Waals surface area contributed by atoms with Gasteiger partial charge < -0.3 is 10.4 Å². The molecule has 1 saturated carbocycles. The lowest BCUT2D eigenvalue weighted by Crippen LogP contribution is -2.38. The molecule has 0 atom stereocenters. The van der Waals surface area contributed by atoms with Crippen LogP contribution in [0, 0.1) is 19.3 Å². The van der Waals surface area contributed by atoms with E-state index in [2.05, 4.69) is 10.4 Å². The number of aromatic nitrogens is 2. The quantitative estimate of drug-likeness (QED) is 0.887. The number of rotatable bonds is 5. The number of nitrogens with one attached hydrogen (secondary N) is 1. The van der Waals surface area contributed by atoms with Crippen LogP contribution in [0.1, 0.15) is 47.4 Å². The molecule has 3 rings (SSSR count). The van der Waals surface area contributed by atoms with Gasteiger partial charge in [0.05, 0.1) is 18.0 Å². The molecule has 0 bridgehead atoms. The van der Waals surface area contributed by atoms with Crippen LogP contribution < -0.4 is 5.32 Å². The Morgan fingerprint density at radius 1 is 1.29 bits per heavy atom. The number of aliphatic hydroxyl groups is 1. The predicted octanol–water partition coefficient (Wildman–Crippen LogP) is 2.77. The summed E-state index contributed by atoms with van der Waals surface area (Å²) in [6.45, 7) is 4.62. The largest absolute Gasteiger partial charge is 0.396 e. The zero-order valence-corrected chi connectivity index (χ0v) is 14.4. The van der Waals surface area contributed by atoms with E-state index in [0.29, 0.717) is 12.1 Å². The molecular formula is C19H25N3O2. The Morgan fingerprint density at radius 2 is 2.04 bits per heavy atom. The lowest BCUT2D eigenvalue weighted by atomic mass is 9.87. The van der Waals surface area contributed by atoms with Gasteiger partial charge in [0.15, 0.2) is 0 Å². The summed E-state index contributed by atoms with van der Waals surface area (Å²) in [5.74, 6) is -0.0990. The van der Waals surface area contributed by atoms with Crippen molar-refractivity contribution in [2.24, 2.45) is 5.41 Å². The number of aryl methyl sites for hydroxylation is 2. The Kier molecular flexibility index (Phi) is 4.71. The van der Waals surface area contributed by atoms with E-state index < -0.39 is 0 Å². The van der Waals surface area contributed by atoms with Crippen LogP contribution in [0.5, 0.6) is 0 Å². The molecule has 24 heavy (non-hydrogen) atoms. The highest BCUT2D eigenvalue weighted by Crippen LogP contribution is 2.36. The fourth-order valence-corrected chi connectivity index (χ4v) is 3.55. The minimum atomic E-state index is -0.136. The molecule has 1 heterocycles. The van der Waals surface area contributed by atoms with E-state index in [9.17, 15) is 9.90 Å². The second kappa shape index (κ2) is 6.77. The van der Waals surface area contributed by atoms with Crippen LogP contribution in [0.25, 0.3) is 5.69 Å². The second-order valence-electron chi connectivity index (χ2n) is 6.94. The minimum absolute atomic E-state index is 0.0990. The predicted molar refractivity (Wildman–Crippen MR) is 93.4 cm³/mol. The van der Waals surface area contributed by atoms with Gasteiger partial charge in [-0.15, -0.1) is 0 Å². The highest BCUT2D eigenvalue weighted by Gasteiger charge is 2.33. The molecule has 0 unspecified atom stereocenters. The normalized spacial score (nSPS) is 16.3. The molecular weight excluding hydrogens is 302 g/mol. The molecule has 2 N–H and O–H groups in total. The summed E-state index contributed by atoms with van der Waals surface area (Å²) in [6, 6.07) is 9.50. The molecule has 1 aromatic carbocycles. The molecule has 0 aliphatic heterocycles. The Labute approximate surface area is 142 Å². The third-order valence-corrected chi connectivity index (χ3v) is 4.99. The van der Waals surface area contributed by atoms with Crippen LogP contribution in [0.3, 0.4) is 0 Å². The fourth-order valence-electron chi connectivity index (χ4n) is 3.55. The molecule has 2 aromatic rings. The Balaban J connectivity index is 1.74. The third-order valence-electron chi connectivity index (χ3n) is 4.99. The van der Waals surface area contributed by atoms with Gasteiger partial charge >= 0.3 is 0 Å². The summed E-state index contributed by atoms with van der Waals surface area (Å²) in [4.78, 5) is 12.5. The summed E-state index contributed by atoms with van der Waals surface area (Å²) in [5, 5.41) is 17.1. The van der Waals surface area contributed by atoms with Crippen molar-refractivity contribution in [2.75, 3.05) is 13.2 Å². The molecule has 128 valence electrons. The molecule has 1 aliphatic carbocycles. The molecule has 0 radical (unpaired) electrons. The zero-order chi connectivity index (χ0) is 17.2. The number of hydrogen-bond acceptors (Lipinski definition) is 3. The van der Waals surface area contributed by atoms with Gasteiger partial charge in [-0.1, -0.05) is 18.9 Å². The smallest absolute Gasteiger partial charge is 0.251 e. The van der Waals surface area contributed by atoms with Crippen molar-refractivity contribution in [1.82, 2.24) is 15.1 Å². The van der Waals surface area contributed by atoms with Gasteiger partial charge in [-0.3, -0.25) is 4.79 Å². The summed E-state index contributed by atoms with van der Waals surface area (Å²) in [6.07, 6.45) is 4.22. The van der Waals surface area contributed by atoms with Crippen molar-refractivity contribution >= 4 is 5.91 Å². The van der Waals surface area contributed by atoms with E-state index in [1.807, 2.05) is 48.9 Å². The number of amides is 1. The number of carbonyl (C=O) groups is 1. The average molecular weight is 327 g/mol.